The number of rotatable bonds is 3. The molecule has 33 heavy (non-hydrogen) atoms. The lowest BCUT2D eigenvalue weighted by Crippen LogP contribution is -2.29. The first kappa shape index (κ1) is 21.0. The minimum atomic E-state index is -1.03. The monoisotopic (exact) mass is 462 g/mol. The molecular weight excluding hydrogens is 446 g/mol. The summed E-state index contributed by atoms with van der Waals surface area (Å²) in [7, 11) is 0. The molecule has 1 fully saturated rings. The standard InChI is InChI=1S/C25H16F2N2O3S/c1-13-2-4-15(5-3-13)22(30)20-21(14-6-8-16(26)9-7-14)29(24(32)23(20)31)25-28-18-11-10-17(27)12-19(18)33-25/h2-12,21,30H,1H3/b22-20+. The molecule has 5 nitrogen and oxygen atoms in total. The molecular formula is C25H16F2N2O3S. The number of Topliss-reactive ketones (excluding diaryl/α,β-unsaturated/α-hetero) is 1. The molecule has 1 saturated heterocycles. The van der Waals surface area contributed by atoms with Crippen molar-refractivity contribution in [2.45, 2.75) is 13.0 Å². The summed E-state index contributed by atoms with van der Waals surface area (Å²) in [5, 5.41) is 11.2. The maximum atomic E-state index is 13.7. The predicted molar refractivity (Wildman–Crippen MR) is 122 cm³/mol. The van der Waals surface area contributed by atoms with Crippen molar-refractivity contribution in [1.82, 2.24) is 4.98 Å². The maximum absolute atomic E-state index is 13.7. The fourth-order valence-electron chi connectivity index (χ4n) is 3.85. The number of thiazole rings is 1. The van der Waals surface area contributed by atoms with Crippen LogP contribution in [-0.4, -0.2) is 21.8 Å². The van der Waals surface area contributed by atoms with Crippen LogP contribution in [0.15, 0.2) is 72.3 Å². The number of benzene rings is 3. The molecule has 0 radical (unpaired) electrons. The van der Waals surface area contributed by atoms with Crippen LogP contribution in [0.25, 0.3) is 16.0 Å². The van der Waals surface area contributed by atoms with Crippen LogP contribution < -0.4 is 4.90 Å². The Morgan fingerprint density at radius 3 is 2.33 bits per heavy atom. The van der Waals surface area contributed by atoms with E-state index in [1.807, 2.05) is 6.92 Å². The highest BCUT2D eigenvalue weighted by Crippen LogP contribution is 2.44. The van der Waals surface area contributed by atoms with Gasteiger partial charge < -0.3 is 5.11 Å². The van der Waals surface area contributed by atoms with Crippen LogP contribution in [0.4, 0.5) is 13.9 Å². The molecule has 1 N–H and O–H groups in total. The van der Waals surface area contributed by atoms with Crippen molar-refractivity contribution in [3.05, 3.63) is 101 Å². The number of aliphatic hydroxyl groups excluding tert-OH is 1. The molecule has 4 aromatic rings. The number of ketones is 1. The minimum absolute atomic E-state index is 0.124. The van der Waals surface area contributed by atoms with E-state index in [0.717, 1.165) is 16.9 Å². The zero-order valence-corrected chi connectivity index (χ0v) is 18.1. The molecule has 164 valence electrons. The Morgan fingerprint density at radius 1 is 0.970 bits per heavy atom. The highest BCUT2D eigenvalue weighted by molar-refractivity contribution is 7.22. The van der Waals surface area contributed by atoms with Crippen LogP contribution in [0.3, 0.4) is 0 Å². The zero-order chi connectivity index (χ0) is 23.3. The number of carbonyl (C=O) groups excluding carboxylic acids is 2. The quantitative estimate of drug-likeness (QED) is 0.248. The largest absolute Gasteiger partial charge is 0.507 e. The van der Waals surface area contributed by atoms with Gasteiger partial charge in [0.2, 0.25) is 0 Å². The molecule has 0 aliphatic carbocycles. The van der Waals surface area contributed by atoms with Gasteiger partial charge in [-0.05, 0) is 42.8 Å². The average molecular weight is 462 g/mol. The number of nitrogens with zero attached hydrogens (tertiary/aromatic N) is 2. The molecule has 8 heteroatoms. The summed E-state index contributed by atoms with van der Waals surface area (Å²) in [4.78, 5) is 31.9. The highest BCUT2D eigenvalue weighted by atomic mass is 32.1. The zero-order valence-electron chi connectivity index (χ0n) is 17.3. The number of aryl methyl sites for hydroxylation is 1. The minimum Gasteiger partial charge on any atom is -0.507 e. The van der Waals surface area contributed by atoms with Crippen molar-refractivity contribution < 1.29 is 23.5 Å². The first-order chi connectivity index (χ1) is 15.8. The van der Waals surface area contributed by atoms with Crippen LogP contribution in [0, 0.1) is 18.6 Å². The van der Waals surface area contributed by atoms with Crippen LogP contribution >= 0.6 is 11.3 Å². The number of amides is 1. The molecule has 1 amide bonds. The van der Waals surface area contributed by atoms with E-state index in [2.05, 4.69) is 4.98 Å². The van der Waals surface area contributed by atoms with Crippen LogP contribution in [0.2, 0.25) is 0 Å². The molecule has 1 aliphatic heterocycles. The number of hydrogen-bond donors (Lipinski definition) is 1. The normalized spacial score (nSPS) is 17.8. The van der Waals surface area contributed by atoms with Gasteiger partial charge in [-0.1, -0.05) is 53.3 Å². The van der Waals surface area contributed by atoms with Crippen LogP contribution in [0.1, 0.15) is 22.7 Å². The predicted octanol–water partition coefficient (Wildman–Crippen LogP) is 5.51. The number of aromatic nitrogens is 1. The van der Waals surface area contributed by atoms with Crippen molar-refractivity contribution in [1.29, 1.82) is 0 Å². The van der Waals surface area contributed by atoms with Crippen molar-refractivity contribution >= 4 is 44.1 Å². The Bertz CT molecular complexity index is 1440. The van der Waals surface area contributed by atoms with Gasteiger partial charge in [0, 0.05) is 5.56 Å². The maximum Gasteiger partial charge on any atom is 0.301 e. The smallest absolute Gasteiger partial charge is 0.301 e. The molecule has 1 aromatic heterocycles. The second-order valence-corrected chi connectivity index (χ2v) is 8.70. The van der Waals surface area contributed by atoms with E-state index in [0.29, 0.717) is 21.3 Å². The molecule has 3 aromatic carbocycles. The van der Waals surface area contributed by atoms with Crippen LogP contribution in [0.5, 0.6) is 0 Å². The number of hydrogen-bond acceptors (Lipinski definition) is 5. The van der Waals surface area contributed by atoms with E-state index >= 15 is 0 Å². The molecule has 0 spiro atoms. The van der Waals surface area contributed by atoms with Gasteiger partial charge >= 0.3 is 5.91 Å². The third-order valence-corrected chi connectivity index (χ3v) is 6.52. The summed E-state index contributed by atoms with van der Waals surface area (Å²) in [5.41, 5.74) is 2.10. The van der Waals surface area contributed by atoms with Crippen molar-refractivity contribution in [3.63, 3.8) is 0 Å². The van der Waals surface area contributed by atoms with Gasteiger partial charge in [-0.3, -0.25) is 14.5 Å². The average Bonchev–Trinajstić information content (AvgIpc) is 3.32. The molecule has 1 aliphatic rings. The van der Waals surface area contributed by atoms with Gasteiger partial charge in [-0.2, -0.15) is 0 Å². The van der Waals surface area contributed by atoms with E-state index in [-0.39, 0.29) is 16.5 Å². The van der Waals surface area contributed by atoms with Gasteiger partial charge in [-0.25, -0.2) is 13.8 Å². The van der Waals surface area contributed by atoms with Crippen molar-refractivity contribution in [3.8, 4) is 0 Å². The second kappa shape index (κ2) is 7.90. The first-order valence-electron chi connectivity index (χ1n) is 10.0. The molecule has 2 heterocycles. The molecule has 1 unspecified atom stereocenters. The highest BCUT2D eigenvalue weighted by Gasteiger charge is 2.48. The van der Waals surface area contributed by atoms with E-state index < -0.39 is 29.4 Å². The Morgan fingerprint density at radius 2 is 1.64 bits per heavy atom. The second-order valence-electron chi connectivity index (χ2n) is 7.70. The SMILES string of the molecule is Cc1ccc(/C(O)=C2\C(=O)C(=O)N(c3nc4ccc(F)cc4s3)C2c2ccc(F)cc2)cc1. The summed E-state index contributed by atoms with van der Waals surface area (Å²) in [6.07, 6.45) is 0. The lowest BCUT2D eigenvalue weighted by Gasteiger charge is -2.23. The van der Waals surface area contributed by atoms with E-state index in [4.69, 9.17) is 0 Å². The number of anilines is 1. The Hall–Kier alpha value is -3.91. The van der Waals surface area contributed by atoms with Crippen molar-refractivity contribution in [2.24, 2.45) is 0 Å². The Labute approximate surface area is 191 Å². The summed E-state index contributed by atoms with van der Waals surface area (Å²) >= 11 is 1.05. The number of carbonyl (C=O) groups is 2. The Kier molecular flexibility index (Phi) is 5.02. The summed E-state index contributed by atoms with van der Waals surface area (Å²) < 4.78 is 27.8. The number of aliphatic hydroxyl groups is 1. The third-order valence-electron chi connectivity index (χ3n) is 5.50. The van der Waals surface area contributed by atoms with Gasteiger partial charge in [-0.15, -0.1) is 0 Å². The van der Waals surface area contributed by atoms with Gasteiger partial charge in [0.05, 0.1) is 21.8 Å². The summed E-state index contributed by atoms with van der Waals surface area (Å²) in [6.45, 7) is 1.89. The fourth-order valence-corrected chi connectivity index (χ4v) is 4.86. The van der Waals surface area contributed by atoms with Crippen LogP contribution in [-0.2, 0) is 9.59 Å². The van der Waals surface area contributed by atoms with Gasteiger partial charge in [0.15, 0.2) is 5.13 Å². The Balaban J connectivity index is 1.73. The number of halogens is 2. The fraction of sp³-hybridized carbons (Fsp3) is 0.0800. The summed E-state index contributed by atoms with van der Waals surface area (Å²) in [6, 6.07) is 15.2. The lowest BCUT2D eigenvalue weighted by atomic mass is 9.95. The molecule has 1 atom stereocenters. The summed E-state index contributed by atoms with van der Waals surface area (Å²) in [5.74, 6) is -3.03. The number of fused-ring (bicyclic) bond motifs is 1. The lowest BCUT2D eigenvalue weighted by molar-refractivity contribution is -0.132. The first-order valence-corrected chi connectivity index (χ1v) is 10.8. The van der Waals surface area contributed by atoms with E-state index in [9.17, 15) is 23.5 Å². The molecule has 0 bridgehead atoms. The van der Waals surface area contributed by atoms with Crippen molar-refractivity contribution in [2.75, 3.05) is 4.90 Å². The third kappa shape index (κ3) is 3.58. The molecule has 5 rings (SSSR count). The molecule has 0 saturated carbocycles. The van der Waals surface area contributed by atoms with E-state index in [1.54, 1.807) is 24.3 Å². The van der Waals surface area contributed by atoms with Gasteiger partial charge in [0.1, 0.15) is 17.4 Å². The van der Waals surface area contributed by atoms with E-state index in [1.165, 1.54) is 47.4 Å². The topological polar surface area (TPSA) is 70.5 Å². The van der Waals surface area contributed by atoms with Gasteiger partial charge in [0.25, 0.3) is 5.78 Å².